The molecule has 0 saturated carbocycles. The summed E-state index contributed by atoms with van der Waals surface area (Å²) in [5, 5.41) is 1.72. The Labute approximate surface area is 187 Å². The second-order valence-corrected chi connectivity index (χ2v) is 9.15. The number of hydrogen-bond acceptors (Lipinski definition) is 5. The van der Waals surface area contributed by atoms with Gasteiger partial charge in [-0.25, -0.2) is 4.98 Å². The number of rotatable bonds is 4. The molecule has 160 valence electrons. The molecule has 0 aliphatic carbocycles. The second-order valence-electron chi connectivity index (χ2n) is 8.76. The molecular weight excluding hydrogens is 410 g/mol. The molecule has 5 nitrogen and oxygen atoms in total. The maximum Gasteiger partial charge on any atom is 0.231 e. The Morgan fingerprint density at radius 3 is 2.61 bits per heavy atom. The summed E-state index contributed by atoms with van der Waals surface area (Å²) in [6.45, 7) is 4.97. The zero-order valence-electron chi connectivity index (χ0n) is 17.5. The van der Waals surface area contributed by atoms with Crippen LogP contribution in [-0.2, 0) is 0 Å². The number of hydrogen-bond donors (Lipinski definition) is 0. The Bertz CT molecular complexity index is 1130. The van der Waals surface area contributed by atoms with Gasteiger partial charge < -0.3 is 19.3 Å². The van der Waals surface area contributed by atoms with Gasteiger partial charge in [0.15, 0.2) is 11.5 Å². The minimum atomic E-state index is 0.288. The monoisotopic (exact) mass is 435 g/mol. The van der Waals surface area contributed by atoms with Gasteiger partial charge in [0.2, 0.25) is 6.79 Å². The summed E-state index contributed by atoms with van der Waals surface area (Å²) in [6, 6.07) is 15.1. The van der Waals surface area contributed by atoms with Gasteiger partial charge in [0.25, 0.3) is 0 Å². The lowest BCUT2D eigenvalue weighted by Gasteiger charge is -2.31. The van der Waals surface area contributed by atoms with E-state index in [0.29, 0.717) is 11.2 Å². The van der Waals surface area contributed by atoms with Crippen molar-refractivity contribution < 1.29 is 9.47 Å². The van der Waals surface area contributed by atoms with Gasteiger partial charge in [-0.05, 0) is 80.2 Å². The molecule has 0 amide bonds. The Hall–Kier alpha value is -2.50. The molecule has 4 heterocycles. The zero-order chi connectivity index (χ0) is 20.8. The Kier molecular flexibility index (Phi) is 4.88. The van der Waals surface area contributed by atoms with Gasteiger partial charge in [-0.1, -0.05) is 23.7 Å². The van der Waals surface area contributed by atoms with E-state index in [0.717, 1.165) is 46.6 Å². The molecule has 1 atom stereocenters. The highest BCUT2D eigenvalue weighted by Gasteiger charge is 2.29. The van der Waals surface area contributed by atoms with Crippen molar-refractivity contribution in [1.82, 2.24) is 9.88 Å². The molecule has 2 aromatic carbocycles. The van der Waals surface area contributed by atoms with E-state index >= 15 is 0 Å². The van der Waals surface area contributed by atoms with Crippen LogP contribution in [0.5, 0.6) is 11.5 Å². The van der Waals surface area contributed by atoms with Crippen molar-refractivity contribution in [3.8, 4) is 22.6 Å². The lowest BCUT2D eigenvalue weighted by atomic mass is 10.0. The first-order valence-electron chi connectivity index (χ1n) is 11.2. The van der Waals surface area contributed by atoms with Crippen molar-refractivity contribution >= 4 is 28.2 Å². The standard InChI is InChI=1S/C25H26ClN3O2/c26-25-14-22(29-11-3-4-19(29)15-28-9-1-2-10-28)20-12-17(5-7-21(20)27-25)18-6-8-23-24(13-18)31-16-30-23/h5-8,12-14,19H,1-4,9-11,15-16H2/t19-/m0/s1. The summed E-state index contributed by atoms with van der Waals surface area (Å²) in [4.78, 5) is 9.80. The minimum absolute atomic E-state index is 0.288. The number of ether oxygens (including phenoxy) is 2. The van der Waals surface area contributed by atoms with Crippen molar-refractivity contribution in [3.63, 3.8) is 0 Å². The smallest absolute Gasteiger partial charge is 0.231 e. The molecule has 0 radical (unpaired) electrons. The number of halogens is 1. The molecule has 1 aromatic heterocycles. The summed E-state index contributed by atoms with van der Waals surface area (Å²) < 4.78 is 11.0. The van der Waals surface area contributed by atoms with Crippen LogP contribution in [0.4, 0.5) is 5.69 Å². The van der Waals surface area contributed by atoms with Gasteiger partial charge in [0.1, 0.15) is 5.15 Å². The van der Waals surface area contributed by atoms with E-state index in [1.807, 2.05) is 6.07 Å². The highest BCUT2D eigenvalue weighted by molar-refractivity contribution is 6.30. The molecule has 6 rings (SSSR count). The molecule has 0 unspecified atom stereocenters. The minimum Gasteiger partial charge on any atom is -0.454 e. The number of aromatic nitrogens is 1. The van der Waals surface area contributed by atoms with Gasteiger partial charge in [0, 0.05) is 30.2 Å². The number of pyridine rings is 1. The highest BCUT2D eigenvalue weighted by Crippen LogP contribution is 2.39. The van der Waals surface area contributed by atoms with Crippen LogP contribution in [0.2, 0.25) is 5.15 Å². The SMILES string of the molecule is Clc1cc(N2CCC[C@H]2CN2CCCC2)c2cc(-c3ccc4c(c3)OCO4)ccc2n1. The molecular formula is C25H26ClN3O2. The van der Waals surface area contributed by atoms with Gasteiger partial charge in [-0.3, -0.25) is 0 Å². The molecule has 0 bridgehead atoms. The van der Waals surface area contributed by atoms with Crippen LogP contribution >= 0.6 is 11.6 Å². The molecule has 3 aromatic rings. The fourth-order valence-electron chi connectivity index (χ4n) is 5.28. The normalized spacial score (nSPS) is 20.8. The molecule has 0 N–H and O–H groups in total. The maximum absolute atomic E-state index is 6.46. The van der Waals surface area contributed by atoms with Crippen molar-refractivity contribution in [2.24, 2.45) is 0 Å². The van der Waals surface area contributed by atoms with Gasteiger partial charge >= 0.3 is 0 Å². The Morgan fingerprint density at radius 2 is 1.71 bits per heavy atom. The van der Waals surface area contributed by atoms with Crippen molar-refractivity contribution in [1.29, 1.82) is 0 Å². The van der Waals surface area contributed by atoms with Crippen LogP contribution in [-0.4, -0.2) is 48.9 Å². The van der Waals surface area contributed by atoms with E-state index in [9.17, 15) is 0 Å². The number of benzene rings is 2. The summed E-state index contributed by atoms with van der Waals surface area (Å²) >= 11 is 6.46. The molecule has 6 heteroatoms. The number of anilines is 1. The summed E-state index contributed by atoms with van der Waals surface area (Å²) in [5.41, 5.74) is 4.41. The van der Waals surface area contributed by atoms with E-state index in [2.05, 4.69) is 51.2 Å². The molecule has 31 heavy (non-hydrogen) atoms. The average Bonchev–Trinajstić information content (AvgIpc) is 3.55. The van der Waals surface area contributed by atoms with Crippen LogP contribution in [0, 0.1) is 0 Å². The van der Waals surface area contributed by atoms with Crippen LogP contribution in [0.25, 0.3) is 22.0 Å². The summed E-state index contributed by atoms with van der Waals surface area (Å²) in [5.74, 6) is 1.61. The largest absolute Gasteiger partial charge is 0.454 e. The van der Waals surface area contributed by atoms with Crippen LogP contribution < -0.4 is 14.4 Å². The fraction of sp³-hybridized carbons (Fsp3) is 0.400. The van der Waals surface area contributed by atoms with E-state index in [-0.39, 0.29) is 6.79 Å². The van der Waals surface area contributed by atoms with Crippen LogP contribution in [0.15, 0.2) is 42.5 Å². The Balaban J connectivity index is 1.39. The predicted molar refractivity (Wildman–Crippen MR) is 124 cm³/mol. The van der Waals surface area contributed by atoms with Crippen molar-refractivity contribution in [2.45, 2.75) is 31.7 Å². The fourth-order valence-corrected chi connectivity index (χ4v) is 5.47. The van der Waals surface area contributed by atoms with E-state index in [1.54, 1.807) is 0 Å². The van der Waals surface area contributed by atoms with E-state index < -0.39 is 0 Å². The van der Waals surface area contributed by atoms with Gasteiger partial charge in [-0.15, -0.1) is 0 Å². The van der Waals surface area contributed by atoms with Crippen LogP contribution in [0.3, 0.4) is 0 Å². The predicted octanol–water partition coefficient (Wildman–Crippen LogP) is 5.35. The molecule has 3 aliphatic heterocycles. The zero-order valence-corrected chi connectivity index (χ0v) is 18.3. The average molecular weight is 436 g/mol. The second kappa shape index (κ2) is 7.88. The summed E-state index contributed by atoms with van der Waals surface area (Å²) in [6.07, 6.45) is 5.12. The number of likely N-dealkylation sites (tertiary alicyclic amines) is 1. The lowest BCUT2D eigenvalue weighted by molar-refractivity contribution is 0.174. The molecule has 3 aliphatic rings. The molecule has 2 saturated heterocycles. The Morgan fingerprint density at radius 1 is 0.903 bits per heavy atom. The van der Waals surface area contributed by atoms with Gasteiger partial charge in [0.05, 0.1) is 5.52 Å². The van der Waals surface area contributed by atoms with Crippen molar-refractivity contribution in [2.75, 3.05) is 37.9 Å². The first kappa shape index (κ1) is 19.2. The highest BCUT2D eigenvalue weighted by atomic mass is 35.5. The topological polar surface area (TPSA) is 37.8 Å². The number of fused-ring (bicyclic) bond motifs is 2. The first-order valence-corrected chi connectivity index (χ1v) is 11.6. The third kappa shape index (κ3) is 3.60. The van der Waals surface area contributed by atoms with Crippen molar-refractivity contribution in [3.05, 3.63) is 47.6 Å². The van der Waals surface area contributed by atoms with E-state index in [4.69, 9.17) is 21.1 Å². The molecule has 0 spiro atoms. The maximum atomic E-state index is 6.46. The van der Waals surface area contributed by atoms with Gasteiger partial charge in [-0.2, -0.15) is 0 Å². The third-order valence-corrected chi connectivity index (χ3v) is 7.01. The number of nitrogens with zero attached hydrogens (tertiary/aromatic N) is 3. The lowest BCUT2D eigenvalue weighted by Crippen LogP contribution is -2.39. The first-order chi connectivity index (χ1) is 15.2. The molecule has 2 fully saturated rings. The summed E-state index contributed by atoms with van der Waals surface area (Å²) in [7, 11) is 0. The van der Waals surface area contributed by atoms with E-state index in [1.165, 1.54) is 44.5 Å². The third-order valence-electron chi connectivity index (χ3n) is 6.82. The van der Waals surface area contributed by atoms with Crippen LogP contribution in [0.1, 0.15) is 25.7 Å². The quantitative estimate of drug-likeness (QED) is 0.516.